The molecule has 3 rings (SSSR count). The summed E-state index contributed by atoms with van der Waals surface area (Å²) in [4.78, 5) is 36.7. The third-order valence-electron chi connectivity index (χ3n) is 4.61. The summed E-state index contributed by atoms with van der Waals surface area (Å²) in [6, 6.07) is 9.97. The third-order valence-corrected chi connectivity index (χ3v) is 4.61. The van der Waals surface area contributed by atoms with Crippen LogP contribution in [0.25, 0.3) is 6.08 Å². The minimum Gasteiger partial charge on any atom is -0.493 e. The molecule has 0 radical (unpaired) electrons. The van der Waals surface area contributed by atoms with E-state index in [0.717, 1.165) is 10.5 Å². The zero-order valence-corrected chi connectivity index (χ0v) is 17.4. The van der Waals surface area contributed by atoms with Crippen LogP contribution in [0.3, 0.4) is 0 Å². The summed E-state index contributed by atoms with van der Waals surface area (Å²) in [6.45, 7) is 0.200. The van der Waals surface area contributed by atoms with E-state index in [2.05, 4.69) is 10.6 Å². The van der Waals surface area contributed by atoms with Crippen LogP contribution in [0.1, 0.15) is 11.1 Å². The van der Waals surface area contributed by atoms with E-state index >= 15 is 0 Å². The van der Waals surface area contributed by atoms with Gasteiger partial charge < -0.3 is 24.8 Å². The fourth-order valence-electron chi connectivity index (χ4n) is 3.04. The van der Waals surface area contributed by atoms with Gasteiger partial charge in [0.05, 0.1) is 34.4 Å². The lowest BCUT2D eigenvalue weighted by molar-refractivity contribution is -0.125. The maximum absolute atomic E-state index is 12.3. The van der Waals surface area contributed by atoms with E-state index in [9.17, 15) is 14.4 Å². The SMILES string of the molecule is COc1cc(/C=C/C(=O)Nc2ccc(CN3C(=O)CNC3=O)cc2)cc(OC)c1OC. The second-order valence-corrected chi connectivity index (χ2v) is 6.62. The van der Waals surface area contributed by atoms with Crippen LogP contribution in [0, 0.1) is 0 Å². The summed E-state index contributed by atoms with van der Waals surface area (Å²) in [7, 11) is 4.56. The number of hydrogen-bond donors (Lipinski definition) is 2. The molecule has 1 fully saturated rings. The molecular weight excluding hydrogens is 402 g/mol. The van der Waals surface area contributed by atoms with Gasteiger partial charge in [0.15, 0.2) is 11.5 Å². The summed E-state index contributed by atoms with van der Waals surface area (Å²) < 4.78 is 15.9. The largest absolute Gasteiger partial charge is 0.493 e. The van der Waals surface area contributed by atoms with Crippen molar-refractivity contribution in [1.82, 2.24) is 10.2 Å². The van der Waals surface area contributed by atoms with Gasteiger partial charge in [-0.2, -0.15) is 0 Å². The monoisotopic (exact) mass is 425 g/mol. The number of imide groups is 1. The number of carbonyl (C=O) groups is 3. The second-order valence-electron chi connectivity index (χ2n) is 6.62. The minimum atomic E-state index is -0.403. The van der Waals surface area contributed by atoms with Gasteiger partial charge in [0, 0.05) is 11.8 Å². The van der Waals surface area contributed by atoms with Crippen molar-refractivity contribution in [2.45, 2.75) is 6.54 Å². The molecule has 0 atom stereocenters. The average molecular weight is 425 g/mol. The number of methoxy groups -OCH3 is 3. The Morgan fingerprint density at radius 1 is 1.06 bits per heavy atom. The lowest BCUT2D eigenvalue weighted by Gasteiger charge is -2.13. The highest BCUT2D eigenvalue weighted by atomic mass is 16.5. The average Bonchev–Trinajstić information content (AvgIpc) is 3.10. The van der Waals surface area contributed by atoms with E-state index < -0.39 is 6.03 Å². The predicted octanol–water partition coefficient (Wildman–Crippen LogP) is 2.42. The van der Waals surface area contributed by atoms with Gasteiger partial charge in [-0.05, 0) is 41.5 Å². The van der Waals surface area contributed by atoms with Crippen LogP contribution in [0.15, 0.2) is 42.5 Å². The van der Waals surface area contributed by atoms with Crippen molar-refractivity contribution in [2.24, 2.45) is 0 Å². The van der Waals surface area contributed by atoms with E-state index in [-0.39, 0.29) is 24.9 Å². The molecule has 1 saturated heterocycles. The van der Waals surface area contributed by atoms with Gasteiger partial charge in [-0.15, -0.1) is 0 Å². The first-order chi connectivity index (χ1) is 14.9. The van der Waals surface area contributed by atoms with Gasteiger partial charge in [-0.1, -0.05) is 12.1 Å². The molecule has 1 heterocycles. The number of carbonyl (C=O) groups excluding carboxylic acids is 3. The Bertz CT molecular complexity index is 975. The van der Waals surface area contributed by atoms with Gasteiger partial charge in [-0.25, -0.2) is 4.79 Å². The molecule has 0 aromatic heterocycles. The summed E-state index contributed by atoms with van der Waals surface area (Å²) >= 11 is 0. The fourth-order valence-corrected chi connectivity index (χ4v) is 3.04. The molecule has 0 saturated carbocycles. The molecule has 9 heteroatoms. The predicted molar refractivity (Wildman–Crippen MR) is 114 cm³/mol. The molecule has 0 aliphatic carbocycles. The zero-order valence-electron chi connectivity index (χ0n) is 17.4. The Labute approximate surface area is 179 Å². The number of benzene rings is 2. The molecule has 162 valence electrons. The van der Waals surface area contributed by atoms with Crippen molar-refractivity contribution >= 4 is 29.6 Å². The van der Waals surface area contributed by atoms with Crippen LogP contribution in [-0.4, -0.2) is 50.6 Å². The maximum Gasteiger partial charge on any atom is 0.324 e. The number of amides is 4. The Morgan fingerprint density at radius 2 is 1.71 bits per heavy atom. The van der Waals surface area contributed by atoms with E-state index in [0.29, 0.717) is 28.5 Å². The van der Waals surface area contributed by atoms with Crippen molar-refractivity contribution in [3.63, 3.8) is 0 Å². The second kappa shape index (κ2) is 9.66. The smallest absolute Gasteiger partial charge is 0.324 e. The van der Waals surface area contributed by atoms with Crippen molar-refractivity contribution in [2.75, 3.05) is 33.2 Å². The Hall–Kier alpha value is -4.01. The van der Waals surface area contributed by atoms with Crippen LogP contribution in [0.2, 0.25) is 0 Å². The van der Waals surface area contributed by atoms with Crippen LogP contribution >= 0.6 is 0 Å². The number of nitrogens with zero attached hydrogens (tertiary/aromatic N) is 1. The topological polar surface area (TPSA) is 106 Å². The number of rotatable bonds is 8. The Kier molecular flexibility index (Phi) is 6.76. The summed E-state index contributed by atoms with van der Waals surface area (Å²) in [5.41, 5.74) is 2.06. The van der Waals surface area contributed by atoms with Gasteiger partial charge in [0.2, 0.25) is 17.6 Å². The highest BCUT2D eigenvalue weighted by Gasteiger charge is 2.28. The molecule has 4 amide bonds. The number of urea groups is 1. The van der Waals surface area contributed by atoms with Gasteiger partial charge in [-0.3, -0.25) is 14.5 Å². The van der Waals surface area contributed by atoms with Crippen molar-refractivity contribution in [3.8, 4) is 17.2 Å². The highest BCUT2D eigenvalue weighted by molar-refractivity contribution is 6.02. The summed E-state index contributed by atoms with van der Waals surface area (Å²) in [5, 5.41) is 5.23. The molecule has 31 heavy (non-hydrogen) atoms. The lowest BCUT2D eigenvalue weighted by Crippen LogP contribution is -2.30. The van der Waals surface area contributed by atoms with E-state index in [1.54, 1.807) is 42.5 Å². The van der Waals surface area contributed by atoms with E-state index in [1.165, 1.54) is 27.4 Å². The van der Waals surface area contributed by atoms with Crippen LogP contribution in [0.4, 0.5) is 10.5 Å². The quantitative estimate of drug-likeness (QED) is 0.497. The molecule has 9 nitrogen and oxygen atoms in total. The summed E-state index contributed by atoms with van der Waals surface area (Å²) in [6.07, 6.45) is 3.02. The number of ether oxygens (including phenoxy) is 3. The van der Waals surface area contributed by atoms with Crippen molar-refractivity contribution in [1.29, 1.82) is 0 Å². The van der Waals surface area contributed by atoms with Crippen LogP contribution < -0.4 is 24.8 Å². The molecule has 0 spiro atoms. The standard InChI is InChI=1S/C22H23N3O6/c1-29-17-10-15(11-18(30-2)21(17)31-3)6-9-19(26)24-16-7-4-14(5-8-16)13-25-20(27)12-23-22(25)28/h4-11H,12-13H2,1-3H3,(H,23,28)(H,24,26)/b9-6+. The molecule has 1 aliphatic heterocycles. The fraction of sp³-hybridized carbons (Fsp3) is 0.227. The number of nitrogens with one attached hydrogen (secondary N) is 2. The number of hydrogen-bond acceptors (Lipinski definition) is 6. The molecule has 2 aromatic carbocycles. The van der Waals surface area contributed by atoms with Crippen LogP contribution in [-0.2, 0) is 16.1 Å². The molecule has 0 bridgehead atoms. The zero-order chi connectivity index (χ0) is 22.4. The van der Waals surface area contributed by atoms with E-state index in [1.807, 2.05) is 0 Å². The molecule has 0 unspecified atom stereocenters. The van der Waals surface area contributed by atoms with Gasteiger partial charge in [0.25, 0.3) is 0 Å². The first-order valence-electron chi connectivity index (χ1n) is 9.41. The maximum atomic E-state index is 12.3. The third kappa shape index (κ3) is 5.13. The molecule has 2 N–H and O–H groups in total. The normalized spacial score (nSPS) is 13.3. The van der Waals surface area contributed by atoms with E-state index in [4.69, 9.17) is 14.2 Å². The highest BCUT2D eigenvalue weighted by Crippen LogP contribution is 2.38. The van der Waals surface area contributed by atoms with Crippen molar-refractivity contribution in [3.05, 3.63) is 53.6 Å². The molecule has 1 aliphatic rings. The van der Waals surface area contributed by atoms with Crippen LogP contribution in [0.5, 0.6) is 17.2 Å². The van der Waals surface area contributed by atoms with Gasteiger partial charge >= 0.3 is 6.03 Å². The number of anilines is 1. The first kappa shape index (κ1) is 21.7. The Balaban J connectivity index is 1.63. The molecular formula is C22H23N3O6. The van der Waals surface area contributed by atoms with Gasteiger partial charge in [0.1, 0.15) is 0 Å². The summed E-state index contributed by atoms with van der Waals surface area (Å²) in [5.74, 6) is 0.861. The Morgan fingerprint density at radius 3 is 2.23 bits per heavy atom. The van der Waals surface area contributed by atoms with Crippen molar-refractivity contribution < 1.29 is 28.6 Å². The first-order valence-corrected chi connectivity index (χ1v) is 9.41. The lowest BCUT2D eigenvalue weighted by atomic mass is 10.1. The minimum absolute atomic E-state index is 0.0191. The molecule has 2 aromatic rings.